The maximum Gasteiger partial charge on any atom is 0.267 e. The Morgan fingerprint density at radius 1 is 1.45 bits per heavy atom. The lowest BCUT2D eigenvalue weighted by Gasteiger charge is -1.99. The topological polar surface area (TPSA) is 98.6 Å². The minimum atomic E-state index is -3.35. The molecule has 0 aliphatic carbocycles. The molecule has 0 aromatic rings. The van der Waals surface area contributed by atoms with Gasteiger partial charge < -0.3 is 11.3 Å². The molecule has 0 amide bonds. The minimum Gasteiger partial charge on any atom is -0.396 e. The van der Waals surface area contributed by atoms with Crippen LogP contribution in [-0.2, 0) is 14.3 Å². The third kappa shape index (κ3) is 7.73. The number of hydrogen-bond donors (Lipinski definition) is 2. The zero-order valence-corrected chi connectivity index (χ0v) is 7.43. The van der Waals surface area contributed by atoms with E-state index in [4.69, 9.17) is 5.11 Å². The van der Waals surface area contributed by atoms with Crippen molar-refractivity contribution in [1.82, 2.24) is 6.15 Å². The molecule has 0 rings (SSSR count). The van der Waals surface area contributed by atoms with Gasteiger partial charge in [0.2, 0.25) is 0 Å². The van der Waals surface area contributed by atoms with E-state index in [1.165, 1.54) is 0 Å². The van der Waals surface area contributed by atoms with Crippen molar-refractivity contribution in [3.8, 4) is 0 Å². The van der Waals surface area contributed by atoms with Crippen LogP contribution >= 0.6 is 0 Å². The Morgan fingerprint density at radius 2 is 2.00 bits per heavy atom. The Bertz CT molecular complexity index is 165. The van der Waals surface area contributed by atoms with Gasteiger partial charge in [0.1, 0.15) is 0 Å². The first-order chi connectivity index (χ1) is 4.62. The van der Waals surface area contributed by atoms with Gasteiger partial charge in [-0.25, -0.2) is 0 Å². The number of aliphatic hydroxyl groups excluding tert-OH is 1. The van der Waals surface area contributed by atoms with Gasteiger partial charge in [-0.2, -0.15) is 8.42 Å². The molecule has 4 N–H and O–H groups in total. The second-order valence-electron chi connectivity index (χ2n) is 1.75. The molecule has 0 aliphatic rings. The lowest BCUT2D eigenvalue weighted by Crippen LogP contribution is -2.11. The van der Waals surface area contributed by atoms with Crippen molar-refractivity contribution in [2.45, 2.75) is 13.3 Å². The molecule has 0 saturated carbocycles. The monoisotopic (exact) mass is 185 g/mol. The van der Waals surface area contributed by atoms with Crippen LogP contribution in [0.15, 0.2) is 0 Å². The molecule has 0 bridgehead atoms. The van der Waals surface area contributed by atoms with E-state index < -0.39 is 10.1 Å². The second kappa shape index (κ2) is 6.53. The summed E-state index contributed by atoms with van der Waals surface area (Å²) in [5, 5.41) is 8.28. The van der Waals surface area contributed by atoms with E-state index in [-0.39, 0.29) is 31.5 Å². The van der Waals surface area contributed by atoms with Crippen molar-refractivity contribution in [2.24, 2.45) is 0 Å². The van der Waals surface area contributed by atoms with Gasteiger partial charge in [-0.1, -0.05) is 0 Å². The van der Waals surface area contributed by atoms with Crippen LogP contribution in [0.25, 0.3) is 0 Å². The number of rotatable bonds is 5. The molecule has 0 unspecified atom stereocenters. The Balaban J connectivity index is 0. The summed E-state index contributed by atoms with van der Waals surface area (Å²) in [7, 11) is -3.35. The molecular formula is C5H15NO4S. The van der Waals surface area contributed by atoms with Gasteiger partial charge in [0.05, 0.1) is 12.4 Å². The van der Waals surface area contributed by atoms with Crippen LogP contribution in [0.2, 0.25) is 0 Å². The maximum absolute atomic E-state index is 10.7. The highest BCUT2D eigenvalue weighted by atomic mass is 32.2. The maximum atomic E-state index is 10.7. The first-order valence-corrected chi connectivity index (χ1v) is 4.68. The van der Waals surface area contributed by atoms with Crippen molar-refractivity contribution in [1.29, 1.82) is 0 Å². The normalized spacial score (nSPS) is 10.7. The smallest absolute Gasteiger partial charge is 0.267 e. The van der Waals surface area contributed by atoms with Crippen LogP contribution < -0.4 is 6.15 Å². The van der Waals surface area contributed by atoms with E-state index >= 15 is 0 Å². The molecule has 0 aliphatic heterocycles. The highest BCUT2D eigenvalue weighted by molar-refractivity contribution is 7.86. The van der Waals surface area contributed by atoms with Gasteiger partial charge in [-0.15, -0.1) is 0 Å². The Hall–Kier alpha value is -0.170. The van der Waals surface area contributed by atoms with Crippen LogP contribution in [0.4, 0.5) is 0 Å². The number of hydrogen-bond acceptors (Lipinski definition) is 5. The van der Waals surface area contributed by atoms with Crippen LogP contribution in [0.5, 0.6) is 0 Å². The molecule has 5 nitrogen and oxygen atoms in total. The summed E-state index contributed by atoms with van der Waals surface area (Å²) in [6.07, 6.45) is 0.238. The van der Waals surface area contributed by atoms with E-state index in [0.717, 1.165) is 0 Å². The zero-order chi connectivity index (χ0) is 8.04. The molecule has 0 radical (unpaired) electrons. The molecule has 0 saturated heterocycles. The molecule has 6 heteroatoms. The lowest BCUT2D eigenvalue weighted by atomic mass is 10.5. The van der Waals surface area contributed by atoms with Gasteiger partial charge in [0, 0.05) is 6.61 Å². The third-order valence-electron chi connectivity index (χ3n) is 0.850. The van der Waals surface area contributed by atoms with Crippen molar-refractivity contribution in [3.63, 3.8) is 0 Å². The first-order valence-electron chi connectivity index (χ1n) is 3.10. The summed E-state index contributed by atoms with van der Waals surface area (Å²) in [5.74, 6) is -0.0999. The van der Waals surface area contributed by atoms with E-state index in [0.29, 0.717) is 0 Å². The summed E-state index contributed by atoms with van der Waals surface area (Å²) >= 11 is 0. The fourth-order valence-electron chi connectivity index (χ4n) is 0.480. The standard InChI is InChI=1S/C5H12O4S.H3N/c1-2-9-10(7,8)5-3-4-6;/h6H,2-5H2,1H3;1H3. The Morgan fingerprint density at radius 3 is 2.36 bits per heavy atom. The molecule has 0 aromatic carbocycles. The fraction of sp³-hybridized carbons (Fsp3) is 1.00. The molecule has 0 atom stereocenters. The van der Waals surface area contributed by atoms with Gasteiger partial charge in [-0.3, -0.25) is 4.18 Å². The molecule has 0 spiro atoms. The quantitative estimate of drug-likeness (QED) is 0.582. The van der Waals surface area contributed by atoms with E-state index in [1.54, 1.807) is 6.92 Å². The Labute approximate surface area is 67.1 Å². The average molecular weight is 185 g/mol. The first kappa shape index (κ1) is 13.4. The third-order valence-corrected chi connectivity index (χ3v) is 2.23. The van der Waals surface area contributed by atoms with Crippen LogP contribution in [0.1, 0.15) is 13.3 Å². The predicted molar refractivity (Wildman–Crippen MR) is 42.1 cm³/mol. The van der Waals surface area contributed by atoms with Crippen molar-refractivity contribution >= 4 is 10.1 Å². The highest BCUT2D eigenvalue weighted by Gasteiger charge is 2.07. The predicted octanol–water partition coefficient (Wildman–Crippen LogP) is -0.103. The SMILES string of the molecule is CCOS(=O)(=O)CCCO.N. The van der Waals surface area contributed by atoms with Gasteiger partial charge in [-0.05, 0) is 13.3 Å². The number of aliphatic hydroxyl groups is 1. The molecule has 70 valence electrons. The molecular weight excluding hydrogens is 170 g/mol. The highest BCUT2D eigenvalue weighted by Crippen LogP contribution is 1.94. The minimum absolute atomic E-state index is 0. The van der Waals surface area contributed by atoms with Crippen LogP contribution in [0.3, 0.4) is 0 Å². The summed E-state index contributed by atoms with van der Waals surface area (Å²) in [6, 6.07) is 0. The fourth-order valence-corrected chi connectivity index (χ4v) is 1.44. The van der Waals surface area contributed by atoms with Gasteiger partial charge in [0.15, 0.2) is 0 Å². The van der Waals surface area contributed by atoms with Crippen molar-refractivity contribution in [2.75, 3.05) is 19.0 Å². The van der Waals surface area contributed by atoms with Crippen molar-refractivity contribution < 1.29 is 17.7 Å². The van der Waals surface area contributed by atoms with Crippen molar-refractivity contribution in [3.05, 3.63) is 0 Å². The molecule has 11 heavy (non-hydrogen) atoms. The summed E-state index contributed by atoms with van der Waals surface area (Å²) in [6.45, 7) is 1.65. The van der Waals surface area contributed by atoms with Gasteiger partial charge >= 0.3 is 0 Å². The molecule has 0 fully saturated rings. The zero-order valence-electron chi connectivity index (χ0n) is 6.62. The van der Waals surface area contributed by atoms with Gasteiger partial charge in [0.25, 0.3) is 10.1 Å². The molecule has 0 aromatic heterocycles. The van der Waals surface area contributed by atoms with E-state index in [9.17, 15) is 8.42 Å². The van der Waals surface area contributed by atoms with E-state index in [1.807, 2.05) is 0 Å². The summed E-state index contributed by atoms with van der Waals surface area (Å²) in [5.41, 5.74) is 0. The average Bonchev–Trinajstić information content (AvgIpc) is 1.84. The van der Waals surface area contributed by atoms with Crippen LogP contribution in [-0.4, -0.2) is 32.5 Å². The largest absolute Gasteiger partial charge is 0.396 e. The van der Waals surface area contributed by atoms with E-state index in [2.05, 4.69) is 4.18 Å². The summed E-state index contributed by atoms with van der Waals surface area (Å²) in [4.78, 5) is 0. The molecule has 0 heterocycles. The second-order valence-corrected chi connectivity index (χ2v) is 3.50. The Kier molecular flexibility index (Phi) is 7.97. The van der Waals surface area contributed by atoms with Crippen LogP contribution in [0, 0.1) is 0 Å². The lowest BCUT2D eigenvalue weighted by molar-refractivity contribution is 0.289. The summed E-state index contributed by atoms with van der Waals surface area (Å²) < 4.78 is 25.7.